The van der Waals surface area contributed by atoms with E-state index in [-0.39, 0.29) is 17.7 Å². The van der Waals surface area contributed by atoms with E-state index in [4.69, 9.17) is 0 Å². The Morgan fingerprint density at radius 2 is 1.92 bits per heavy atom. The van der Waals surface area contributed by atoms with E-state index in [9.17, 15) is 9.59 Å². The maximum absolute atomic E-state index is 12.3. The van der Waals surface area contributed by atoms with Crippen molar-refractivity contribution >= 4 is 11.8 Å². The van der Waals surface area contributed by atoms with E-state index < -0.39 is 0 Å². The summed E-state index contributed by atoms with van der Waals surface area (Å²) < 4.78 is 0. The molecular formula is C19H30N4O2. The lowest BCUT2D eigenvalue weighted by Crippen LogP contribution is -2.42. The molecule has 2 amide bonds. The first-order valence-electron chi connectivity index (χ1n) is 8.98. The summed E-state index contributed by atoms with van der Waals surface area (Å²) in [6, 6.07) is 7.80. The fourth-order valence-corrected chi connectivity index (χ4v) is 2.97. The Bertz CT molecular complexity index is 571. The first-order valence-corrected chi connectivity index (χ1v) is 8.98. The Kier molecular flexibility index (Phi) is 7.40. The van der Waals surface area contributed by atoms with Gasteiger partial charge in [0.2, 0.25) is 5.91 Å². The molecule has 25 heavy (non-hydrogen) atoms. The molecular weight excluding hydrogens is 316 g/mol. The zero-order chi connectivity index (χ0) is 18.2. The van der Waals surface area contributed by atoms with Crippen LogP contribution in [-0.2, 0) is 11.3 Å². The highest BCUT2D eigenvalue weighted by molar-refractivity contribution is 5.94. The van der Waals surface area contributed by atoms with Gasteiger partial charge in [0, 0.05) is 37.2 Å². The van der Waals surface area contributed by atoms with Crippen molar-refractivity contribution in [1.82, 2.24) is 20.9 Å². The zero-order valence-electron chi connectivity index (χ0n) is 15.5. The highest BCUT2D eigenvalue weighted by atomic mass is 16.2. The molecule has 2 rings (SSSR count). The van der Waals surface area contributed by atoms with E-state index in [0.29, 0.717) is 24.7 Å². The highest BCUT2D eigenvalue weighted by Gasteiger charge is 2.24. The molecule has 0 unspecified atom stereocenters. The van der Waals surface area contributed by atoms with Crippen LogP contribution in [0.25, 0.3) is 0 Å². The van der Waals surface area contributed by atoms with Crippen LogP contribution < -0.4 is 16.0 Å². The van der Waals surface area contributed by atoms with Crippen LogP contribution in [0.4, 0.5) is 0 Å². The minimum absolute atomic E-state index is 0.0684. The number of piperidine rings is 1. The number of amides is 2. The van der Waals surface area contributed by atoms with Crippen LogP contribution in [-0.4, -0.2) is 56.5 Å². The van der Waals surface area contributed by atoms with Crippen molar-refractivity contribution in [3.05, 3.63) is 35.4 Å². The first-order chi connectivity index (χ1) is 12.0. The molecule has 1 aliphatic rings. The van der Waals surface area contributed by atoms with Crippen molar-refractivity contribution < 1.29 is 9.59 Å². The van der Waals surface area contributed by atoms with Crippen LogP contribution in [0.15, 0.2) is 24.3 Å². The molecule has 1 aromatic rings. The summed E-state index contributed by atoms with van der Waals surface area (Å²) in [6.45, 7) is 4.95. The second-order valence-corrected chi connectivity index (χ2v) is 7.05. The number of hydrogen-bond acceptors (Lipinski definition) is 4. The van der Waals surface area contributed by atoms with E-state index in [1.807, 2.05) is 31.1 Å². The lowest BCUT2D eigenvalue weighted by molar-refractivity contribution is -0.126. The van der Waals surface area contributed by atoms with Crippen LogP contribution in [0, 0.1) is 5.92 Å². The van der Waals surface area contributed by atoms with Gasteiger partial charge in [-0.1, -0.05) is 12.1 Å². The first kappa shape index (κ1) is 19.4. The van der Waals surface area contributed by atoms with Crippen LogP contribution in [0.2, 0.25) is 0 Å². The SMILES string of the molecule is C[C@H]1C[C@@H](C(=O)NCc2ccc(C(=O)NCCN(C)C)cc2)CCN1. The molecule has 0 aliphatic carbocycles. The van der Waals surface area contributed by atoms with E-state index in [2.05, 4.69) is 22.9 Å². The number of carbonyl (C=O) groups excluding carboxylic acids is 2. The smallest absolute Gasteiger partial charge is 0.251 e. The topological polar surface area (TPSA) is 73.5 Å². The molecule has 0 radical (unpaired) electrons. The van der Waals surface area contributed by atoms with Crippen molar-refractivity contribution in [3.8, 4) is 0 Å². The van der Waals surface area contributed by atoms with Gasteiger partial charge in [-0.25, -0.2) is 0 Å². The third-order valence-corrected chi connectivity index (χ3v) is 4.52. The molecule has 0 saturated carbocycles. The van der Waals surface area contributed by atoms with Crippen molar-refractivity contribution in [3.63, 3.8) is 0 Å². The summed E-state index contributed by atoms with van der Waals surface area (Å²) in [7, 11) is 3.94. The lowest BCUT2D eigenvalue weighted by atomic mass is 9.92. The summed E-state index contributed by atoms with van der Waals surface area (Å²) in [4.78, 5) is 26.3. The van der Waals surface area contributed by atoms with Gasteiger partial charge in [0.15, 0.2) is 0 Å². The summed E-state index contributed by atoms with van der Waals surface area (Å²) in [5, 5.41) is 9.26. The molecule has 1 fully saturated rings. The minimum atomic E-state index is -0.0684. The van der Waals surface area contributed by atoms with Crippen molar-refractivity contribution in [2.45, 2.75) is 32.4 Å². The fraction of sp³-hybridized carbons (Fsp3) is 0.579. The van der Waals surface area contributed by atoms with Crippen molar-refractivity contribution in [2.75, 3.05) is 33.7 Å². The molecule has 1 aromatic carbocycles. The Hall–Kier alpha value is -1.92. The van der Waals surface area contributed by atoms with E-state index in [0.717, 1.165) is 31.5 Å². The third-order valence-electron chi connectivity index (χ3n) is 4.52. The average molecular weight is 346 g/mol. The maximum Gasteiger partial charge on any atom is 0.251 e. The molecule has 3 N–H and O–H groups in total. The van der Waals surface area contributed by atoms with Gasteiger partial charge in [-0.05, 0) is 58.1 Å². The largest absolute Gasteiger partial charge is 0.352 e. The molecule has 1 heterocycles. The fourth-order valence-electron chi connectivity index (χ4n) is 2.97. The Labute approximate surface area is 150 Å². The predicted octanol–water partition coefficient (Wildman–Crippen LogP) is 0.982. The summed E-state index contributed by atoms with van der Waals surface area (Å²) in [5.74, 6) is 0.151. The summed E-state index contributed by atoms with van der Waals surface area (Å²) in [5.41, 5.74) is 1.64. The second-order valence-electron chi connectivity index (χ2n) is 7.05. The van der Waals surface area contributed by atoms with Gasteiger partial charge >= 0.3 is 0 Å². The highest BCUT2D eigenvalue weighted by Crippen LogP contribution is 2.16. The summed E-state index contributed by atoms with van der Waals surface area (Å²) in [6.07, 6.45) is 1.78. The van der Waals surface area contributed by atoms with Gasteiger partial charge < -0.3 is 20.9 Å². The van der Waals surface area contributed by atoms with Crippen LogP contribution in [0.3, 0.4) is 0 Å². The monoisotopic (exact) mass is 346 g/mol. The van der Waals surface area contributed by atoms with Gasteiger partial charge in [0.05, 0.1) is 0 Å². The molecule has 1 saturated heterocycles. The van der Waals surface area contributed by atoms with E-state index in [1.165, 1.54) is 0 Å². The van der Waals surface area contributed by atoms with Gasteiger partial charge in [0.1, 0.15) is 0 Å². The van der Waals surface area contributed by atoms with Gasteiger partial charge in [-0.3, -0.25) is 9.59 Å². The lowest BCUT2D eigenvalue weighted by Gasteiger charge is -2.27. The quantitative estimate of drug-likeness (QED) is 0.688. The molecule has 6 nitrogen and oxygen atoms in total. The minimum Gasteiger partial charge on any atom is -0.352 e. The maximum atomic E-state index is 12.3. The Morgan fingerprint density at radius 1 is 1.20 bits per heavy atom. The van der Waals surface area contributed by atoms with Crippen LogP contribution >= 0.6 is 0 Å². The van der Waals surface area contributed by atoms with Crippen molar-refractivity contribution in [2.24, 2.45) is 5.92 Å². The second kappa shape index (κ2) is 9.53. The average Bonchev–Trinajstić information content (AvgIpc) is 2.59. The standard InChI is InChI=1S/C19H30N4O2/c1-14-12-17(8-9-20-14)19(25)22-13-15-4-6-16(7-5-15)18(24)21-10-11-23(2)3/h4-7,14,17,20H,8-13H2,1-3H3,(H,21,24)(H,22,25)/t14-,17-/m0/s1. The number of likely N-dealkylation sites (N-methyl/N-ethyl adjacent to an activating group) is 1. The zero-order valence-corrected chi connectivity index (χ0v) is 15.5. The molecule has 1 aliphatic heterocycles. The van der Waals surface area contributed by atoms with Gasteiger partial charge in [-0.2, -0.15) is 0 Å². The predicted molar refractivity (Wildman–Crippen MR) is 99.4 cm³/mol. The summed E-state index contributed by atoms with van der Waals surface area (Å²) >= 11 is 0. The van der Waals surface area contributed by atoms with Gasteiger partial charge in [0.25, 0.3) is 5.91 Å². The third kappa shape index (κ3) is 6.48. The number of nitrogens with zero attached hydrogens (tertiary/aromatic N) is 1. The number of nitrogens with one attached hydrogen (secondary N) is 3. The van der Waals surface area contributed by atoms with E-state index in [1.54, 1.807) is 12.1 Å². The normalized spacial score (nSPS) is 20.3. The number of carbonyl (C=O) groups is 2. The van der Waals surface area contributed by atoms with Crippen molar-refractivity contribution in [1.29, 1.82) is 0 Å². The number of benzene rings is 1. The van der Waals surface area contributed by atoms with Crippen LogP contribution in [0.5, 0.6) is 0 Å². The molecule has 0 spiro atoms. The Balaban J connectivity index is 1.77. The van der Waals surface area contributed by atoms with E-state index >= 15 is 0 Å². The molecule has 0 bridgehead atoms. The molecule has 0 aromatic heterocycles. The molecule has 2 atom stereocenters. The molecule has 6 heteroatoms. The molecule has 138 valence electrons. The van der Waals surface area contributed by atoms with Crippen LogP contribution in [0.1, 0.15) is 35.7 Å². The van der Waals surface area contributed by atoms with Gasteiger partial charge in [-0.15, -0.1) is 0 Å². The number of rotatable bonds is 7. The Morgan fingerprint density at radius 3 is 2.56 bits per heavy atom. The number of hydrogen-bond donors (Lipinski definition) is 3.